The first-order valence-corrected chi connectivity index (χ1v) is 11.7. The lowest BCUT2D eigenvalue weighted by atomic mass is 9.99. The zero-order chi connectivity index (χ0) is 22.9. The van der Waals surface area contributed by atoms with E-state index in [1.54, 1.807) is 13.4 Å². The van der Waals surface area contributed by atoms with Crippen LogP contribution in [0.5, 0.6) is 5.75 Å². The molecule has 1 aliphatic heterocycles. The highest BCUT2D eigenvalue weighted by Gasteiger charge is 2.22. The Hall–Kier alpha value is -3.30. The lowest BCUT2D eigenvalue weighted by molar-refractivity contribution is 0.202. The van der Waals surface area contributed by atoms with Gasteiger partial charge in [0.05, 0.1) is 13.2 Å². The molecule has 0 saturated carbocycles. The summed E-state index contributed by atoms with van der Waals surface area (Å²) in [5, 5.41) is 0.529. The molecule has 170 valence electrons. The normalized spacial score (nSPS) is 13.6. The molecule has 0 amide bonds. The number of aromatic nitrogens is 4. The maximum Gasteiger partial charge on any atom is 0.182 e. The van der Waals surface area contributed by atoms with Gasteiger partial charge in [-0.15, -0.1) is 0 Å². The van der Waals surface area contributed by atoms with Gasteiger partial charge in [-0.3, -0.25) is 0 Å². The van der Waals surface area contributed by atoms with Crippen LogP contribution in [0.1, 0.15) is 22.4 Å². The Morgan fingerprint density at radius 1 is 1.15 bits per heavy atom. The Labute approximate surface area is 196 Å². The van der Waals surface area contributed by atoms with E-state index in [1.165, 1.54) is 11.3 Å². The highest BCUT2D eigenvalue weighted by atomic mass is 32.1. The number of hydrogen-bond donors (Lipinski definition) is 1. The van der Waals surface area contributed by atoms with E-state index in [4.69, 9.17) is 15.2 Å². The van der Waals surface area contributed by atoms with Gasteiger partial charge in [0.1, 0.15) is 34.8 Å². The second-order valence-corrected chi connectivity index (χ2v) is 9.16. The Bertz CT molecular complexity index is 1320. The van der Waals surface area contributed by atoms with Gasteiger partial charge >= 0.3 is 0 Å². The van der Waals surface area contributed by atoms with Crippen LogP contribution in [0.25, 0.3) is 21.5 Å². The fourth-order valence-corrected chi connectivity index (χ4v) is 4.97. The molecule has 5 rings (SSSR count). The second kappa shape index (κ2) is 8.92. The summed E-state index contributed by atoms with van der Waals surface area (Å²) in [6, 6.07) is 6.37. The zero-order valence-electron chi connectivity index (χ0n) is 19.0. The van der Waals surface area contributed by atoms with E-state index in [0.29, 0.717) is 24.9 Å². The molecule has 0 saturated heterocycles. The average Bonchev–Trinajstić information content (AvgIpc) is 3.03. The number of fused-ring (bicyclic) bond motifs is 2. The molecule has 0 aliphatic carbocycles. The van der Waals surface area contributed by atoms with Crippen LogP contribution in [0.2, 0.25) is 0 Å². The van der Waals surface area contributed by atoms with E-state index in [-0.39, 0.29) is 0 Å². The van der Waals surface area contributed by atoms with Crippen LogP contribution >= 0.6 is 11.3 Å². The second-order valence-electron chi connectivity index (χ2n) is 8.16. The summed E-state index contributed by atoms with van der Waals surface area (Å²) in [6.07, 6.45) is 4.28. The molecule has 4 aromatic rings. The van der Waals surface area contributed by atoms with Crippen molar-refractivity contribution in [2.75, 3.05) is 37.5 Å². The Morgan fingerprint density at radius 2 is 2.03 bits per heavy atom. The summed E-state index contributed by atoms with van der Waals surface area (Å²) < 4.78 is 11.5. The predicted molar refractivity (Wildman–Crippen MR) is 131 cm³/mol. The molecule has 0 radical (unpaired) electrons. The van der Waals surface area contributed by atoms with Crippen LogP contribution in [0.3, 0.4) is 0 Å². The van der Waals surface area contributed by atoms with E-state index in [9.17, 15) is 0 Å². The summed E-state index contributed by atoms with van der Waals surface area (Å²) in [5.41, 5.74) is 13.1. The first-order valence-electron chi connectivity index (χ1n) is 10.9. The quantitative estimate of drug-likeness (QED) is 0.476. The topological polar surface area (TPSA) is 99.3 Å². The van der Waals surface area contributed by atoms with E-state index in [1.807, 2.05) is 19.2 Å². The summed E-state index contributed by atoms with van der Waals surface area (Å²) in [6.45, 7) is 6.76. The summed E-state index contributed by atoms with van der Waals surface area (Å²) >= 11 is 1.40. The van der Waals surface area contributed by atoms with Crippen molar-refractivity contribution in [1.29, 1.82) is 0 Å². The number of nitrogens with two attached hydrogens (primary N) is 1. The number of nitrogens with zero attached hydrogens (tertiary/aromatic N) is 5. The molecule has 4 heterocycles. The molecule has 9 heteroatoms. The van der Waals surface area contributed by atoms with Gasteiger partial charge in [-0.25, -0.2) is 19.9 Å². The lowest BCUT2D eigenvalue weighted by Crippen LogP contribution is -2.28. The standard InChI is InChI=1S/C24H26N6O2S/c1-14-8-16(17-10-20-23(26-11-17)33-24(25)29-20)9-18-12-30(5-7-32-21(14)18)22-19(4-6-31-3)15(2)27-13-28-22/h8-11,13H,4-7,12H2,1-3H3,(H2,25,29). The SMILES string of the molecule is COCCc1c(C)ncnc1N1CCOc2c(C)cc(-c3cnc4sc(N)nc4c3)cc2C1. The fraction of sp³-hybridized carbons (Fsp3) is 0.333. The van der Waals surface area contributed by atoms with Crippen molar-refractivity contribution in [3.63, 3.8) is 0 Å². The summed E-state index contributed by atoms with van der Waals surface area (Å²) in [4.78, 5) is 21.1. The zero-order valence-corrected chi connectivity index (χ0v) is 19.8. The monoisotopic (exact) mass is 462 g/mol. The minimum absolute atomic E-state index is 0.529. The number of ether oxygens (including phenoxy) is 2. The Balaban J connectivity index is 1.53. The van der Waals surface area contributed by atoms with Crippen molar-refractivity contribution in [3.8, 4) is 16.9 Å². The van der Waals surface area contributed by atoms with Crippen LogP contribution < -0.4 is 15.4 Å². The van der Waals surface area contributed by atoms with Crippen LogP contribution in [-0.2, 0) is 17.7 Å². The summed E-state index contributed by atoms with van der Waals surface area (Å²) in [5.74, 6) is 1.89. The van der Waals surface area contributed by atoms with Gasteiger partial charge < -0.3 is 20.1 Å². The molecular weight excluding hydrogens is 436 g/mol. The number of methoxy groups -OCH3 is 1. The molecule has 0 atom stereocenters. The number of anilines is 2. The summed E-state index contributed by atoms with van der Waals surface area (Å²) in [7, 11) is 1.71. The first kappa shape index (κ1) is 21.5. The molecule has 1 aliphatic rings. The number of rotatable bonds is 5. The van der Waals surface area contributed by atoms with Crippen LogP contribution in [0.15, 0.2) is 30.7 Å². The molecule has 2 N–H and O–H groups in total. The number of pyridine rings is 1. The third-order valence-electron chi connectivity index (χ3n) is 5.91. The molecule has 1 aromatic carbocycles. The molecule has 33 heavy (non-hydrogen) atoms. The van der Waals surface area contributed by atoms with Gasteiger partial charge in [0.15, 0.2) is 5.13 Å². The largest absolute Gasteiger partial charge is 0.491 e. The van der Waals surface area contributed by atoms with Crippen molar-refractivity contribution in [1.82, 2.24) is 19.9 Å². The highest BCUT2D eigenvalue weighted by molar-refractivity contribution is 7.21. The Kier molecular flexibility index (Phi) is 5.82. The Morgan fingerprint density at radius 3 is 2.88 bits per heavy atom. The third kappa shape index (κ3) is 4.21. The van der Waals surface area contributed by atoms with Crippen molar-refractivity contribution in [2.45, 2.75) is 26.8 Å². The van der Waals surface area contributed by atoms with Crippen molar-refractivity contribution in [2.24, 2.45) is 0 Å². The number of benzene rings is 1. The maximum absolute atomic E-state index is 6.19. The maximum atomic E-state index is 6.19. The predicted octanol–water partition coefficient (Wildman–Crippen LogP) is 3.94. The molecule has 8 nitrogen and oxygen atoms in total. The molecular formula is C24H26N6O2S. The van der Waals surface area contributed by atoms with E-state index < -0.39 is 0 Å². The smallest absolute Gasteiger partial charge is 0.182 e. The third-order valence-corrected chi connectivity index (χ3v) is 6.72. The number of aryl methyl sites for hydroxylation is 2. The van der Waals surface area contributed by atoms with Crippen LogP contribution in [0.4, 0.5) is 10.9 Å². The van der Waals surface area contributed by atoms with E-state index in [2.05, 4.69) is 43.9 Å². The van der Waals surface area contributed by atoms with E-state index in [0.717, 1.165) is 68.4 Å². The first-order chi connectivity index (χ1) is 16.0. The molecule has 0 unspecified atom stereocenters. The lowest BCUT2D eigenvalue weighted by Gasteiger charge is -2.24. The minimum Gasteiger partial charge on any atom is -0.491 e. The highest BCUT2D eigenvalue weighted by Crippen LogP contribution is 2.35. The average molecular weight is 463 g/mol. The van der Waals surface area contributed by atoms with Crippen molar-refractivity contribution < 1.29 is 9.47 Å². The molecule has 0 spiro atoms. The minimum atomic E-state index is 0.529. The van der Waals surface area contributed by atoms with Gasteiger partial charge in [-0.1, -0.05) is 11.3 Å². The van der Waals surface area contributed by atoms with Gasteiger partial charge in [0, 0.05) is 48.7 Å². The van der Waals surface area contributed by atoms with Gasteiger partial charge in [-0.05, 0) is 43.2 Å². The van der Waals surface area contributed by atoms with Gasteiger partial charge in [0.2, 0.25) is 0 Å². The van der Waals surface area contributed by atoms with Gasteiger partial charge in [-0.2, -0.15) is 0 Å². The van der Waals surface area contributed by atoms with Crippen molar-refractivity contribution >= 4 is 32.6 Å². The number of thiazole rings is 1. The molecule has 0 bridgehead atoms. The molecule has 0 fully saturated rings. The molecule has 3 aromatic heterocycles. The number of hydrogen-bond acceptors (Lipinski definition) is 9. The fourth-order valence-electron chi connectivity index (χ4n) is 4.32. The van der Waals surface area contributed by atoms with Crippen LogP contribution in [0, 0.1) is 13.8 Å². The van der Waals surface area contributed by atoms with Crippen LogP contribution in [-0.4, -0.2) is 46.8 Å². The van der Waals surface area contributed by atoms with Crippen molar-refractivity contribution in [3.05, 3.63) is 53.1 Å². The number of nitrogen functional groups attached to an aromatic ring is 1. The van der Waals surface area contributed by atoms with Gasteiger partial charge in [0.25, 0.3) is 0 Å². The van der Waals surface area contributed by atoms with E-state index >= 15 is 0 Å².